The smallest absolute Gasteiger partial charge is 0.335 e. The zero-order valence-corrected chi connectivity index (χ0v) is 9.18. The van der Waals surface area contributed by atoms with Crippen molar-refractivity contribution >= 4 is 17.6 Å². The molecule has 5 nitrogen and oxygen atoms in total. The van der Waals surface area contributed by atoms with Gasteiger partial charge in [-0.3, -0.25) is 0 Å². The van der Waals surface area contributed by atoms with Crippen LogP contribution in [-0.2, 0) is 4.79 Å². The number of benzene rings is 1. The molecule has 0 aliphatic rings. The molecule has 0 aliphatic carbocycles. The lowest BCUT2D eigenvalue weighted by Gasteiger charge is -2.17. The van der Waals surface area contributed by atoms with Crippen LogP contribution in [0.1, 0.15) is 11.7 Å². The Morgan fingerprint density at radius 3 is 2.56 bits per heavy atom. The molecule has 2 unspecified atom stereocenters. The van der Waals surface area contributed by atoms with E-state index in [4.69, 9.17) is 21.4 Å². The number of hydrogen-bond acceptors (Lipinski definition) is 4. The van der Waals surface area contributed by atoms with Crippen molar-refractivity contribution in [3.05, 3.63) is 28.8 Å². The number of ether oxygens (including phenoxy) is 1. The molecule has 2 atom stereocenters. The number of methoxy groups -OCH3 is 1. The monoisotopic (exact) mass is 246 g/mol. The molecular weight excluding hydrogens is 236 g/mol. The molecule has 1 rings (SSSR count). The Balaban J connectivity index is 3.10. The maximum atomic E-state index is 10.5. The summed E-state index contributed by atoms with van der Waals surface area (Å²) >= 11 is 5.71. The first-order valence-electron chi connectivity index (χ1n) is 4.39. The highest BCUT2D eigenvalue weighted by Crippen LogP contribution is 2.30. The van der Waals surface area contributed by atoms with Crippen LogP contribution in [-0.4, -0.2) is 34.5 Å². The fraction of sp³-hybridized carbons (Fsp3) is 0.300. The van der Waals surface area contributed by atoms with Crippen molar-refractivity contribution in [1.82, 2.24) is 0 Å². The molecule has 0 heterocycles. The average molecular weight is 247 g/mol. The summed E-state index contributed by atoms with van der Waals surface area (Å²) in [6.07, 6.45) is -3.52. The van der Waals surface area contributed by atoms with E-state index in [0.29, 0.717) is 5.02 Å². The molecular formula is C10H11ClO5. The zero-order chi connectivity index (χ0) is 12.3. The van der Waals surface area contributed by atoms with Crippen molar-refractivity contribution in [1.29, 1.82) is 0 Å². The Morgan fingerprint density at radius 2 is 2.06 bits per heavy atom. The van der Waals surface area contributed by atoms with Gasteiger partial charge in [-0.25, -0.2) is 4.79 Å². The molecule has 0 spiro atoms. The van der Waals surface area contributed by atoms with Crippen LogP contribution < -0.4 is 4.74 Å². The van der Waals surface area contributed by atoms with Gasteiger partial charge in [-0.1, -0.05) is 11.6 Å². The van der Waals surface area contributed by atoms with Crippen LogP contribution in [0.2, 0.25) is 5.02 Å². The van der Waals surface area contributed by atoms with E-state index < -0.39 is 18.2 Å². The van der Waals surface area contributed by atoms with Crippen LogP contribution in [0.15, 0.2) is 18.2 Å². The summed E-state index contributed by atoms with van der Waals surface area (Å²) in [6, 6.07) is 4.36. The van der Waals surface area contributed by atoms with Crippen molar-refractivity contribution in [3.8, 4) is 5.75 Å². The molecule has 6 heteroatoms. The van der Waals surface area contributed by atoms with Crippen LogP contribution in [0.4, 0.5) is 0 Å². The number of aliphatic carboxylic acids is 1. The molecule has 0 saturated heterocycles. The highest BCUT2D eigenvalue weighted by molar-refractivity contribution is 6.30. The normalized spacial score (nSPS) is 14.2. The second-order valence-corrected chi connectivity index (χ2v) is 3.55. The number of aliphatic hydroxyl groups excluding tert-OH is 2. The highest BCUT2D eigenvalue weighted by atomic mass is 35.5. The van der Waals surface area contributed by atoms with Gasteiger partial charge in [0.1, 0.15) is 11.9 Å². The molecule has 3 N–H and O–H groups in total. The Bertz CT molecular complexity index is 393. The first kappa shape index (κ1) is 12.8. The number of hydrogen-bond donors (Lipinski definition) is 3. The lowest BCUT2D eigenvalue weighted by atomic mass is 10.0. The minimum absolute atomic E-state index is 0.130. The van der Waals surface area contributed by atoms with Gasteiger partial charge in [-0.2, -0.15) is 0 Å². The topological polar surface area (TPSA) is 87.0 Å². The van der Waals surface area contributed by atoms with Crippen molar-refractivity contribution in [3.63, 3.8) is 0 Å². The van der Waals surface area contributed by atoms with Crippen molar-refractivity contribution < 1.29 is 24.9 Å². The minimum Gasteiger partial charge on any atom is -0.496 e. The second-order valence-electron chi connectivity index (χ2n) is 3.11. The molecule has 0 amide bonds. The SMILES string of the molecule is COc1ccc(Cl)cc1C(O)C(O)C(=O)O. The molecule has 0 aliphatic heterocycles. The molecule has 0 saturated carbocycles. The number of carbonyl (C=O) groups is 1. The number of rotatable bonds is 4. The minimum atomic E-state index is -1.92. The molecule has 1 aromatic rings. The summed E-state index contributed by atoms with van der Waals surface area (Å²) in [5.41, 5.74) is 0.130. The van der Waals surface area contributed by atoms with Crippen LogP contribution >= 0.6 is 11.6 Å². The average Bonchev–Trinajstić information content (AvgIpc) is 2.26. The fourth-order valence-electron chi connectivity index (χ4n) is 1.24. The third-order valence-corrected chi connectivity index (χ3v) is 2.30. The van der Waals surface area contributed by atoms with Gasteiger partial charge in [0, 0.05) is 10.6 Å². The molecule has 0 fully saturated rings. The van der Waals surface area contributed by atoms with Gasteiger partial charge in [-0.05, 0) is 18.2 Å². The van der Waals surface area contributed by atoms with E-state index in [1.54, 1.807) is 0 Å². The summed E-state index contributed by atoms with van der Waals surface area (Å²) in [4.78, 5) is 10.5. The Kier molecular flexibility index (Phi) is 4.12. The van der Waals surface area contributed by atoms with Gasteiger partial charge in [0.2, 0.25) is 0 Å². The molecule has 88 valence electrons. The van der Waals surface area contributed by atoms with Crippen molar-refractivity contribution in [2.24, 2.45) is 0 Å². The number of halogens is 1. The first-order valence-corrected chi connectivity index (χ1v) is 4.77. The Morgan fingerprint density at radius 1 is 1.44 bits per heavy atom. The fourth-order valence-corrected chi connectivity index (χ4v) is 1.42. The van der Waals surface area contributed by atoms with Crippen LogP contribution in [0.5, 0.6) is 5.75 Å². The van der Waals surface area contributed by atoms with Gasteiger partial charge in [0.15, 0.2) is 6.10 Å². The maximum Gasteiger partial charge on any atom is 0.335 e. The summed E-state index contributed by atoms with van der Waals surface area (Å²) in [6.45, 7) is 0. The predicted molar refractivity (Wildman–Crippen MR) is 56.6 cm³/mol. The second kappa shape index (κ2) is 5.16. The zero-order valence-electron chi connectivity index (χ0n) is 8.42. The van der Waals surface area contributed by atoms with Gasteiger partial charge in [-0.15, -0.1) is 0 Å². The predicted octanol–water partition coefficient (Wildman–Crippen LogP) is 0.827. The molecule has 0 radical (unpaired) electrons. The number of aliphatic hydroxyl groups is 2. The Hall–Kier alpha value is -1.30. The van der Waals surface area contributed by atoms with E-state index >= 15 is 0 Å². The van der Waals surface area contributed by atoms with Gasteiger partial charge < -0.3 is 20.1 Å². The van der Waals surface area contributed by atoms with Crippen LogP contribution in [0.25, 0.3) is 0 Å². The maximum absolute atomic E-state index is 10.5. The third-order valence-electron chi connectivity index (χ3n) is 2.06. The largest absolute Gasteiger partial charge is 0.496 e. The summed E-state index contributed by atoms with van der Waals surface area (Å²) in [5.74, 6) is -1.26. The van der Waals surface area contributed by atoms with E-state index in [1.807, 2.05) is 0 Å². The Labute approximate surface area is 96.9 Å². The van der Waals surface area contributed by atoms with Gasteiger partial charge in [0.05, 0.1) is 7.11 Å². The van der Waals surface area contributed by atoms with Crippen molar-refractivity contribution in [2.45, 2.75) is 12.2 Å². The molecule has 1 aromatic carbocycles. The summed E-state index contributed by atoms with van der Waals surface area (Å²) in [5, 5.41) is 27.7. The molecule has 0 bridgehead atoms. The first-order chi connectivity index (χ1) is 7.47. The van der Waals surface area contributed by atoms with Gasteiger partial charge in [0.25, 0.3) is 0 Å². The lowest BCUT2D eigenvalue weighted by Crippen LogP contribution is -2.27. The van der Waals surface area contributed by atoms with E-state index in [0.717, 1.165) is 0 Å². The highest BCUT2D eigenvalue weighted by Gasteiger charge is 2.27. The van der Waals surface area contributed by atoms with E-state index in [-0.39, 0.29) is 11.3 Å². The van der Waals surface area contributed by atoms with E-state index in [9.17, 15) is 15.0 Å². The third kappa shape index (κ3) is 2.63. The summed E-state index contributed by atoms with van der Waals surface area (Å²) < 4.78 is 4.93. The number of carboxylic acids is 1. The number of carboxylic acid groups (broad SMARTS) is 1. The quantitative estimate of drug-likeness (QED) is 0.732. The van der Waals surface area contributed by atoms with E-state index in [1.165, 1.54) is 25.3 Å². The molecule has 16 heavy (non-hydrogen) atoms. The molecule has 0 aromatic heterocycles. The van der Waals surface area contributed by atoms with Crippen molar-refractivity contribution in [2.75, 3.05) is 7.11 Å². The van der Waals surface area contributed by atoms with E-state index in [2.05, 4.69) is 0 Å². The summed E-state index contributed by atoms with van der Waals surface area (Å²) in [7, 11) is 1.37. The van der Waals surface area contributed by atoms with Gasteiger partial charge >= 0.3 is 5.97 Å². The lowest BCUT2D eigenvalue weighted by molar-refractivity contribution is -0.153. The standard InChI is InChI=1S/C10H11ClO5/c1-16-7-3-2-5(11)4-6(7)8(12)9(13)10(14)15/h2-4,8-9,12-13H,1H3,(H,14,15). The van der Waals surface area contributed by atoms with Crippen LogP contribution in [0, 0.1) is 0 Å². The van der Waals surface area contributed by atoms with Crippen LogP contribution in [0.3, 0.4) is 0 Å².